The average Bonchev–Trinajstić information content (AvgIpc) is 3.12. The van der Waals surface area contributed by atoms with Crippen LogP contribution in [0.15, 0.2) is 48.5 Å². The summed E-state index contributed by atoms with van der Waals surface area (Å²) in [6.07, 6.45) is 0. The highest BCUT2D eigenvalue weighted by Crippen LogP contribution is 2.16. The van der Waals surface area contributed by atoms with Crippen LogP contribution in [0.25, 0.3) is 5.69 Å². The first-order chi connectivity index (χ1) is 14.4. The van der Waals surface area contributed by atoms with E-state index >= 15 is 0 Å². The van der Waals surface area contributed by atoms with Gasteiger partial charge in [-0.2, -0.15) is 5.26 Å². The van der Waals surface area contributed by atoms with E-state index in [9.17, 15) is 4.79 Å². The smallest absolute Gasteiger partial charge is 0.276 e. The predicted octanol–water partition coefficient (Wildman–Crippen LogP) is 2.96. The highest BCUT2D eigenvalue weighted by molar-refractivity contribution is 5.93. The van der Waals surface area contributed by atoms with Gasteiger partial charge in [-0.05, 0) is 57.8 Å². The lowest BCUT2D eigenvalue weighted by atomic mass is 10.1. The largest absolute Gasteiger partial charge is 0.332 e. The Kier molecular flexibility index (Phi) is 6.60. The number of hydrogen-bond acceptors (Lipinski definition) is 5. The van der Waals surface area contributed by atoms with Gasteiger partial charge in [-0.25, -0.2) is 4.68 Å². The molecule has 0 aliphatic rings. The van der Waals surface area contributed by atoms with Crippen LogP contribution in [0.2, 0.25) is 0 Å². The molecule has 0 bridgehead atoms. The van der Waals surface area contributed by atoms with Crippen molar-refractivity contribution in [3.63, 3.8) is 0 Å². The lowest BCUT2D eigenvalue weighted by molar-refractivity contribution is 0.0725. The Balaban J connectivity index is 1.86. The topological polar surface area (TPSA) is 78.1 Å². The van der Waals surface area contributed by atoms with Crippen LogP contribution in [0.3, 0.4) is 0 Å². The summed E-state index contributed by atoms with van der Waals surface area (Å²) in [6, 6.07) is 17.4. The van der Waals surface area contributed by atoms with E-state index in [1.807, 2.05) is 69.2 Å². The van der Waals surface area contributed by atoms with Crippen LogP contribution >= 0.6 is 0 Å². The van der Waals surface area contributed by atoms with Gasteiger partial charge in [-0.3, -0.25) is 4.79 Å². The predicted molar refractivity (Wildman–Crippen MR) is 115 cm³/mol. The minimum absolute atomic E-state index is 0.155. The van der Waals surface area contributed by atoms with Gasteiger partial charge in [0, 0.05) is 19.6 Å². The summed E-state index contributed by atoms with van der Waals surface area (Å²) >= 11 is 0. The van der Waals surface area contributed by atoms with Gasteiger partial charge < -0.3 is 9.80 Å². The number of carbonyl (C=O) groups is 1. The monoisotopic (exact) mass is 402 g/mol. The maximum absolute atomic E-state index is 13.3. The van der Waals surface area contributed by atoms with E-state index < -0.39 is 0 Å². The molecule has 0 radical (unpaired) electrons. The third-order valence-electron chi connectivity index (χ3n) is 4.94. The Morgan fingerprint density at radius 1 is 1.03 bits per heavy atom. The summed E-state index contributed by atoms with van der Waals surface area (Å²) < 4.78 is 1.69. The van der Waals surface area contributed by atoms with Gasteiger partial charge in [-0.15, -0.1) is 5.10 Å². The molecule has 7 nitrogen and oxygen atoms in total. The molecule has 3 aromatic rings. The van der Waals surface area contributed by atoms with Gasteiger partial charge in [0.25, 0.3) is 5.91 Å². The second-order valence-electron chi connectivity index (χ2n) is 7.61. The van der Waals surface area contributed by atoms with Crippen molar-refractivity contribution in [3.05, 3.63) is 76.6 Å². The van der Waals surface area contributed by atoms with Crippen molar-refractivity contribution in [2.75, 3.05) is 27.2 Å². The number of benzene rings is 2. The van der Waals surface area contributed by atoms with Crippen LogP contribution in [0.4, 0.5) is 0 Å². The molecule has 0 saturated heterocycles. The molecule has 0 unspecified atom stereocenters. The summed E-state index contributed by atoms with van der Waals surface area (Å²) in [5.74, 6) is -0.155. The molecule has 154 valence electrons. The van der Waals surface area contributed by atoms with E-state index in [1.54, 1.807) is 21.7 Å². The molecule has 3 rings (SSSR count). The SMILES string of the molecule is Cc1ccc(-n2nnc(C(=O)N(CCN(C)C)Cc3ccc(C#N)cc3)c2C)cc1. The molecule has 0 atom stereocenters. The quantitative estimate of drug-likeness (QED) is 0.607. The first-order valence-corrected chi connectivity index (χ1v) is 9.81. The fourth-order valence-electron chi connectivity index (χ4n) is 3.09. The summed E-state index contributed by atoms with van der Waals surface area (Å²) in [7, 11) is 3.95. The minimum Gasteiger partial charge on any atom is -0.332 e. The van der Waals surface area contributed by atoms with Gasteiger partial charge in [0.1, 0.15) is 0 Å². The van der Waals surface area contributed by atoms with Crippen molar-refractivity contribution in [1.29, 1.82) is 5.26 Å². The zero-order chi connectivity index (χ0) is 21.7. The van der Waals surface area contributed by atoms with Crippen molar-refractivity contribution < 1.29 is 4.79 Å². The van der Waals surface area contributed by atoms with Crippen LogP contribution in [0.5, 0.6) is 0 Å². The molecule has 7 heteroatoms. The van der Waals surface area contributed by atoms with E-state index in [0.717, 1.165) is 23.4 Å². The molecule has 0 aliphatic heterocycles. The zero-order valence-corrected chi connectivity index (χ0v) is 17.8. The Labute approximate surface area is 177 Å². The number of aromatic nitrogens is 3. The first-order valence-electron chi connectivity index (χ1n) is 9.81. The summed E-state index contributed by atoms with van der Waals surface area (Å²) in [5.41, 5.74) is 4.65. The van der Waals surface area contributed by atoms with Crippen LogP contribution in [-0.4, -0.2) is 57.9 Å². The van der Waals surface area contributed by atoms with Crippen molar-refractivity contribution in [3.8, 4) is 11.8 Å². The Hall–Kier alpha value is -3.50. The molecule has 0 saturated carbocycles. The summed E-state index contributed by atoms with van der Waals surface area (Å²) in [5, 5.41) is 17.4. The Bertz CT molecular complexity index is 1040. The van der Waals surface area contributed by atoms with Gasteiger partial charge in [0.05, 0.1) is 23.0 Å². The Morgan fingerprint density at radius 2 is 1.70 bits per heavy atom. The number of aryl methyl sites for hydroxylation is 1. The van der Waals surface area contributed by atoms with E-state index in [1.165, 1.54) is 0 Å². The molecule has 0 fully saturated rings. The van der Waals surface area contributed by atoms with Gasteiger partial charge in [0.2, 0.25) is 0 Å². The molecule has 30 heavy (non-hydrogen) atoms. The van der Waals surface area contributed by atoms with Gasteiger partial charge >= 0.3 is 0 Å². The maximum atomic E-state index is 13.3. The normalized spacial score (nSPS) is 10.8. The van der Waals surface area contributed by atoms with Crippen molar-refractivity contribution in [2.24, 2.45) is 0 Å². The van der Waals surface area contributed by atoms with Crippen molar-refractivity contribution in [1.82, 2.24) is 24.8 Å². The number of nitrogens with zero attached hydrogens (tertiary/aromatic N) is 6. The number of carbonyl (C=O) groups excluding carboxylic acids is 1. The number of hydrogen-bond donors (Lipinski definition) is 0. The van der Waals surface area contributed by atoms with Gasteiger partial charge in [0.15, 0.2) is 5.69 Å². The van der Waals surface area contributed by atoms with Crippen LogP contribution in [0, 0.1) is 25.2 Å². The average molecular weight is 403 g/mol. The zero-order valence-electron chi connectivity index (χ0n) is 17.8. The molecular formula is C23H26N6O. The van der Waals surface area contributed by atoms with Crippen LogP contribution < -0.4 is 0 Å². The van der Waals surface area contributed by atoms with Gasteiger partial charge in [-0.1, -0.05) is 35.0 Å². The summed E-state index contributed by atoms with van der Waals surface area (Å²) in [6.45, 7) is 5.61. The molecule has 1 heterocycles. The third-order valence-corrected chi connectivity index (χ3v) is 4.94. The number of amides is 1. The molecule has 0 N–H and O–H groups in total. The van der Waals surface area contributed by atoms with Crippen molar-refractivity contribution in [2.45, 2.75) is 20.4 Å². The van der Waals surface area contributed by atoms with Crippen LogP contribution in [0.1, 0.15) is 32.9 Å². The highest BCUT2D eigenvalue weighted by atomic mass is 16.2. The van der Waals surface area contributed by atoms with E-state index in [0.29, 0.717) is 30.0 Å². The number of likely N-dealkylation sites (N-methyl/N-ethyl adjacent to an activating group) is 1. The number of rotatable bonds is 7. The standard InChI is InChI=1S/C23H26N6O/c1-17-5-11-21(12-6-17)29-18(2)22(25-26-29)23(30)28(14-13-27(3)4)16-20-9-7-19(15-24)8-10-20/h5-12H,13-14,16H2,1-4H3. The second-order valence-corrected chi connectivity index (χ2v) is 7.61. The highest BCUT2D eigenvalue weighted by Gasteiger charge is 2.23. The molecule has 2 aromatic carbocycles. The third kappa shape index (κ3) is 4.91. The van der Waals surface area contributed by atoms with E-state index in [4.69, 9.17) is 5.26 Å². The van der Waals surface area contributed by atoms with E-state index in [-0.39, 0.29) is 5.91 Å². The van der Waals surface area contributed by atoms with Crippen LogP contribution in [-0.2, 0) is 6.54 Å². The lowest BCUT2D eigenvalue weighted by Crippen LogP contribution is -2.36. The fraction of sp³-hybridized carbons (Fsp3) is 0.304. The molecule has 0 aliphatic carbocycles. The second kappa shape index (κ2) is 9.33. The number of nitriles is 1. The molecule has 1 amide bonds. The Morgan fingerprint density at radius 3 is 2.30 bits per heavy atom. The molecule has 1 aromatic heterocycles. The fourth-order valence-corrected chi connectivity index (χ4v) is 3.09. The lowest BCUT2D eigenvalue weighted by Gasteiger charge is -2.24. The van der Waals surface area contributed by atoms with E-state index in [2.05, 4.69) is 16.4 Å². The molecular weight excluding hydrogens is 376 g/mol. The summed E-state index contributed by atoms with van der Waals surface area (Å²) in [4.78, 5) is 17.2. The maximum Gasteiger partial charge on any atom is 0.276 e. The molecule has 0 spiro atoms. The minimum atomic E-state index is -0.155. The first kappa shape index (κ1) is 21.2. The van der Waals surface area contributed by atoms with Crippen molar-refractivity contribution >= 4 is 5.91 Å².